The molecule has 0 aliphatic carbocycles. The Hall–Kier alpha value is -2.13. The Labute approximate surface area is 156 Å². The van der Waals surface area contributed by atoms with Crippen LogP contribution in [0.15, 0.2) is 42.6 Å². The van der Waals surface area contributed by atoms with Gasteiger partial charge in [0.25, 0.3) is 0 Å². The third kappa shape index (κ3) is 5.20. The number of benzene rings is 1. The number of alkyl halides is 3. The van der Waals surface area contributed by atoms with Gasteiger partial charge in [-0.25, -0.2) is 18.1 Å². The van der Waals surface area contributed by atoms with Crippen LogP contribution in [-0.4, -0.2) is 32.5 Å². The van der Waals surface area contributed by atoms with Gasteiger partial charge in [0.1, 0.15) is 5.82 Å². The predicted molar refractivity (Wildman–Crippen MR) is 96.8 cm³/mol. The van der Waals surface area contributed by atoms with Gasteiger partial charge in [-0.1, -0.05) is 29.8 Å². The summed E-state index contributed by atoms with van der Waals surface area (Å²) in [5, 5.41) is 0. The number of anilines is 1. The Morgan fingerprint density at radius 3 is 2.67 bits per heavy atom. The lowest BCUT2D eigenvalue weighted by atomic mass is 10.2. The summed E-state index contributed by atoms with van der Waals surface area (Å²) in [6, 6.07) is 9.29. The molecule has 0 spiro atoms. The van der Waals surface area contributed by atoms with Gasteiger partial charge in [0.05, 0.1) is 11.3 Å². The molecule has 2 aromatic rings. The molecule has 9 heteroatoms. The predicted octanol–water partition coefficient (Wildman–Crippen LogP) is 3.11. The minimum atomic E-state index is -4.43. The Morgan fingerprint density at radius 1 is 1.26 bits per heavy atom. The molecule has 1 aromatic heterocycles. The number of sulfonamides is 1. The maximum atomic E-state index is 12.6. The molecule has 0 amide bonds. The fraction of sp³-hybridized carbons (Fsp3) is 0.389. The Bertz CT molecular complexity index is 899. The molecule has 0 radical (unpaired) electrons. The van der Waals surface area contributed by atoms with Crippen molar-refractivity contribution in [3.63, 3.8) is 0 Å². The number of hydrogen-bond acceptors (Lipinski definition) is 4. The van der Waals surface area contributed by atoms with E-state index in [9.17, 15) is 21.6 Å². The fourth-order valence-electron chi connectivity index (χ4n) is 3.12. The SMILES string of the molecule is Cc1cccc(CS(=O)(=O)N[C@H]2CCN(c3ccc(C(F)(F)F)cn3)C2)c1. The zero-order chi connectivity index (χ0) is 19.7. The lowest BCUT2D eigenvalue weighted by Crippen LogP contribution is -2.37. The van der Waals surface area contributed by atoms with Gasteiger partial charge in [-0.05, 0) is 31.0 Å². The second-order valence-electron chi connectivity index (χ2n) is 6.70. The van der Waals surface area contributed by atoms with Crippen LogP contribution in [0.3, 0.4) is 0 Å². The number of aromatic nitrogens is 1. The highest BCUT2D eigenvalue weighted by Gasteiger charge is 2.32. The molecule has 1 atom stereocenters. The molecule has 1 saturated heterocycles. The van der Waals surface area contributed by atoms with Gasteiger partial charge in [-0.2, -0.15) is 13.2 Å². The topological polar surface area (TPSA) is 62.3 Å². The van der Waals surface area contributed by atoms with E-state index in [4.69, 9.17) is 0 Å². The lowest BCUT2D eigenvalue weighted by molar-refractivity contribution is -0.137. The first-order valence-electron chi connectivity index (χ1n) is 8.46. The summed E-state index contributed by atoms with van der Waals surface area (Å²) in [7, 11) is -3.51. The van der Waals surface area contributed by atoms with E-state index in [1.807, 2.05) is 25.1 Å². The lowest BCUT2D eigenvalue weighted by Gasteiger charge is -2.18. The number of rotatable bonds is 5. The first-order valence-corrected chi connectivity index (χ1v) is 10.1. The first kappa shape index (κ1) is 19.6. The molecule has 146 valence electrons. The molecular weight excluding hydrogens is 379 g/mol. The molecule has 2 heterocycles. The quantitative estimate of drug-likeness (QED) is 0.839. The average molecular weight is 399 g/mol. The number of pyridine rings is 1. The molecule has 1 aliphatic heterocycles. The molecular formula is C18H20F3N3O2S. The van der Waals surface area contributed by atoms with Gasteiger partial charge < -0.3 is 4.90 Å². The van der Waals surface area contributed by atoms with Crippen molar-refractivity contribution in [2.75, 3.05) is 18.0 Å². The number of aryl methyl sites for hydroxylation is 1. The summed E-state index contributed by atoms with van der Waals surface area (Å²) in [6.45, 7) is 2.79. The van der Waals surface area contributed by atoms with Crippen molar-refractivity contribution in [2.24, 2.45) is 0 Å². The highest BCUT2D eigenvalue weighted by atomic mass is 32.2. The monoisotopic (exact) mass is 399 g/mol. The third-order valence-electron chi connectivity index (χ3n) is 4.37. The van der Waals surface area contributed by atoms with Crippen molar-refractivity contribution in [3.05, 3.63) is 59.3 Å². The molecule has 1 fully saturated rings. The largest absolute Gasteiger partial charge is 0.417 e. The summed E-state index contributed by atoms with van der Waals surface area (Å²) in [4.78, 5) is 5.64. The van der Waals surface area contributed by atoms with Crippen molar-refractivity contribution >= 4 is 15.8 Å². The number of hydrogen-bond donors (Lipinski definition) is 1. The molecule has 5 nitrogen and oxygen atoms in total. The maximum absolute atomic E-state index is 12.6. The Kier molecular flexibility index (Phi) is 5.43. The third-order valence-corrected chi connectivity index (χ3v) is 5.78. The molecule has 1 aromatic carbocycles. The van der Waals surface area contributed by atoms with Crippen molar-refractivity contribution < 1.29 is 21.6 Å². The fourth-order valence-corrected chi connectivity index (χ4v) is 4.52. The molecule has 0 saturated carbocycles. The molecule has 27 heavy (non-hydrogen) atoms. The second-order valence-corrected chi connectivity index (χ2v) is 8.45. The smallest absolute Gasteiger partial charge is 0.355 e. The summed E-state index contributed by atoms with van der Waals surface area (Å²) < 4.78 is 65.3. The maximum Gasteiger partial charge on any atom is 0.417 e. The van der Waals surface area contributed by atoms with Gasteiger partial charge in [-0.15, -0.1) is 0 Å². The van der Waals surface area contributed by atoms with Crippen molar-refractivity contribution in [3.8, 4) is 0 Å². The van der Waals surface area contributed by atoms with Crippen LogP contribution in [-0.2, 0) is 22.0 Å². The van der Waals surface area contributed by atoms with E-state index in [0.717, 1.165) is 17.8 Å². The van der Waals surface area contributed by atoms with Crippen molar-refractivity contribution in [1.82, 2.24) is 9.71 Å². The van der Waals surface area contributed by atoms with E-state index in [-0.39, 0.29) is 11.8 Å². The van der Waals surface area contributed by atoms with E-state index >= 15 is 0 Å². The van der Waals surface area contributed by atoms with Gasteiger partial charge >= 0.3 is 6.18 Å². The Balaban J connectivity index is 1.60. The highest BCUT2D eigenvalue weighted by molar-refractivity contribution is 7.88. The van der Waals surface area contributed by atoms with E-state index < -0.39 is 21.8 Å². The van der Waals surface area contributed by atoms with E-state index in [2.05, 4.69) is 9.71 Å². The van der Waals surface area contributed by atoms with E-state index in [1.54, 1.807) is 11.0 Å². The van der Waals surface area contributed by atoms with E-state index in [0.29, 0.717) is 30.9 Å². The van der Waals surface area contributed by atoms with Crippen LogP contribution in [0.1, 0.15) is 23.1 Å². The minimum Gasteiger partial charge on any atom is -0.355 e. The molecule has 1 N–H and O–H groups in total. The summed E-state index contributed by atoms with van der Waals surface area (Å²) in [5.74, 6) is 0.298. The van der Waals surface area contributed by atoms with Gasteiger partial charge in [0.2, 0.25) is 10.0 Å². The zero-order valence-corrected chi connectivity index (χ0v) is 15.5. The van der Waals surface area contributed by atoms with Crippen LogP contribution in [0.25, 0.3) is 0 Å². The molecule has 0 bridgehead atoms. The normalized spacial score (nSPS) is 18.1. The van der Waals surface area contributed by atoms with Gasteiger partial charge in [-0.3, -0.25) is 0 Å². The summed E-state index contributed by atoms with van der Waals surface area (Å²) in [6.07, 6.45) is -3.06. The van der Waals surface area contributed by atoms with Crippen LogP contribution < -0.4 is 9.62 Å². The van der Waals surface area contributed by atoms with Crippen LogP contribution in [0, 0.1) is 6.92 Å². The number of nitrogens with one attached hydrogen (secondary N) is 1. The highest BCUT2D eigenvalue weighted by Crippen LogP contribution is 2.30. The minimum absolute atomic E-state index is 0.107. The zero-order valence-electron chi connectivity index (χ0n) is 14.7. The van der Waals surface area contributed by atoms with Crippen molar-refractivity contribution in [1.29, 1.82) is 0 Å². The standard InChI is InChI=1S/C18H20F3N3O2S/c1-13-3-2-4-14(9-13)12-27(25,26)23-16-7-8-24(11-16)17-6-5-15(10-22-17)18(19,20)21/h2-6,9-10,16,23H,7-8,11-12H2,1H3/t16-/m0/s1. The second kappa shape index (κ2) is 7.47. The average Bonchev–Trinajstić information content (AvgIpc) is 3.01. The first-order chi connectivity index (χ1) is 12.6. The summed E-state index contributed by atoms with van der Waals surface area (Å²) in [5.41, 5.74) is 0.894. The van der Waals surface area contributed by atoms with Crippen LogP contribution in [0.5, 0.6) is 0 Å². The molecule has 3 rings (SSSR count). The van der Waals surface area contributed by atoms with Crippen LogP contribution in [0.4, 0.5) is 19.0 Å². The molecule has 0 unspecified atom stereocenters. The molecule has 1 aliphatic rings. The van der Waals surface area contributed by atoms with Crippen LogP contribution in [0.2, 0.25) is 0 Å². The van der Waals surface area contributed by atoms with Crippen molar-refractivity contribution in [2.45, 2.75) is 31.3 Å². The number of nitrogens with zero attached hydrogens (tertiary/aromatic N) is 2. The summed E-state index contributed by atoms with van der Waals surface area (Å²) >= 11 is 0. The van der Waals surface area contributed by atoms with Gasteiger partial charge in [0, 0.05) is 25.3 Å². The van der Waals surface area contributed by atoms with Gasteiger partial charge in [0.15, 0.2) is 0 Å². The Morgan fingerprint density at radius 2 is 2.04 bits per heavy atom. The van der Waals surface area contributed by atoms with E-state index in [1.165, 1.54) is 6.07 Å². The van der Waals surface area contributed by atoms with Crippen LogP contribution >= 0.6 is 0 Å². The number of halogens is 3.